The highest BCUT2D eigenvalue weighted by Gasteiger charge is 2.26. The molecule has 16 nitrogen and oxygen atoms in total. The SMILES string of the molecule is COc1cc2c(cc1OC)CN(c1nc(NCCc3cccc(OC)c3OC)nc(N3CCc4cc(OC)c(OC)cc4C3)n1)CC2.O=P(O)(O)O. The van der Waals surface area contributed by atoms with Crippen LogP contribution in [0.4, 0.5) is 17.8 Å². The fourth-order valence-corrected chi connectivity index (χ4v) is 6.28. The maximum absolute atomic E-state index is 8.88. The summed E-state index contributed by atoms with van der Waals surface area (Å²) in [6.45, 7) is 3.38. The van der Waals surface area contributed by atoms with Crippen LogP contribution >= 0.6 is 7.82 Å². The molecular weight excluding hydrogens is 695 g/mol. The van der Waals surface area contributed by atoms with Gasteiger partial charge >= 0.3 is 7.82 Å². The van der Waals surface area contributed by atoms with Crippen molar-refractivity contribution >= 4 is 25.7 Å². The maximum Gasteiger partial charge on any atom is 0.466 e. The minimum atomic E-state index is -4.64. The van der Waals surface area contributed by atoms with E-state index in [1.165, 1.54) is 11.1 Å². The molecule has 6 rings (SSSR count). The highest BCUT2D eigenvalue weighted by molar-refractivity contribution is 7.45. The van der Waals surface area contributed by atoms with Crippen LogP contribution in [0.1, 0.15) is 27.8 Å². The van der Waals surface area contributed by atoms with E-state index in [0.717, 1.165) is 59.9 Å². The van der Waals surface area contributed by atoms with E-state index in [-0.39, 0.29) is 0 Å². The molecule has 2 aliphatic rings. The molecule has 0 radical (unpaired) electrons. The number of para-hydroxylation sites is 1. The monoisotopic (exact) mass is 740 g/mol. The summed E-state index contributed by atoms with van der Waals surface area (Å²) in [7, 11) is 5.30. The number of fused-ring (bicyclic) bond motifs is 2. The molecule has 52 heavy (non-hydrogen) atoms. The number of rotatable bonds is 12. The van der Waals surface area contributed by atoms with Crippen molar-refractivity contribution < 1.29 is 47.7 Å². The molecule has 0 saturated heterocycles. The van der Waals surface area contributed by atoms with Crippen LogP contribution in [0.2, 0.25) is 0 Å². The van der Waals surface area contributed by atoms with E-state index < -0.39 is 7.82 Å². The van der Waals surface area contributed by atoms with E-state index in [1.807, 2.05) is 30.3 Å². The first kappa shape index (κ1) is 38.2. The molecule has 0 saturated carbocycles. The highest BCUT2D eigenvalue weighted by atomic mass is 31.2. The predicted molar refractivity (Wildman–Crippen MR) is 194 cm³/mol. The number of benzene rings is 3. The quantitative estimate of drug-likeness (QED) is 0.153. The molecule has 0 fully saturated rings. The van der Waals surface area contributed by atoms with Gasteiger partial charge in [0, 0.05) is 32.7 Å². The second-order valence-electron chi connectivity index (χ2n) is 11.9. The Labute approximate surface area is 302 Å². The van der Waals surface area contributed by atoms with Crippen molar-refractivity contribution in [2.24, 2.45) is 0 Å². The number of aromatic nitrogens is 3. The molecule has 1 aromatic heterocycles. The molecule has 0 unspecified atom stereocenters. The summed E-state index contributed by atoms with van der Waals surface area (Å²) in [6.07, 6.45) is 2.34. The lowest BCUT2D eigenvalue weighted by Gasteiger charge is -2.32. The van der Waals surface area contributed by atoms with E-state index >= 15 is 0 Å². The van der Waals surface area contributed by atoms with Gasteiger partial charge in [0.05, 0.1) is 42.7 Å². The summed E-state index contributed by atoms with van der Waals surface area (Å²) in [5, 5.41) is 3.46. The molecule has 0 bridgehead atoms. The van der Waals surface area contributed by atoms with Crippen LogP contribution in [-0.4, -0.2) is 91.9 Å². The van der Waals surface area contributed by atoms with Crippen molar-refractivity contribution in [1.82, 2.24) is 15.0 Å². The number of ether oxygens (including phenoxy) is 6. The fraction of sp³-hybridized carbons (Fsp3) is 0.400. The summed E-state index contributed by atoms with van der Waals surface area (Å²) in [4.78, 5) is 40.8. The first-order chi connectivity index (χ1) is 25.0. The Hall–Kier alpha value is -5.02. The molecule has 0 aliphatic carbocycles. The minimum Gasteiger partial charge on any atom is -0.493 e. The first-order valence-electron chi connectivity index (χ1n) is 16.4. The molecule has 0 atom stereocenters. The maximum atomic E-state index is 8.88. The largest absolute Gasteiger partial charge is 0.493 e. The summed E-state index contributed by atoms with van der Waals surface area (Å²) >= 11 is 0. The van der Waals surface area contributed by atoms with Gasteiger partial charge in [-0.15, -0.1) is 0 Å². The lowest BCUT2D eigenvalue weighted by molar-refractivity contribution is 0.275. The number of hydrogen-bond acceptors (Lipinski definition) is 13. The zero-order valence-corrected chi connectivity index (χ0v) is 31.0. The van der Waals surface area contributed by atoms with Crippen LogP contribution < -0.4 is 43.5 Å². The van der Waals surface area contributed by atoms with E-state index in [0.29, 0.717) is 61.1 Å². The molecule has 3 aromatic carbocycles. The number of nitrogens with zero attached hydrogens (tertiary/aromatic N) is 5. The van der Waals surface area contributed by atoms with Gasteiger partial charge in [-0.25, -0.2) is 4.57 Å². The minimum absolute atomic E-state index is 0.517. The van der Waals surface area contributed by atoms with Crippen molar-refractivity contribution in [3.05, 3.63) is 70.3 Å². The van der Waals surface area contributed by atoms with Crippen LogP contribution in [0.5, 0.6) is 34.5 Å². The van der Waals surface area contributed by atoms with Gasteiger partial charge in [-0.1, -0.05) is 12.1 Å². The Kier molecular flexibility index (Phi) is 12.5. The van der Waals surface area contributed by atoms with Crippen molar-refractivity contribution in [2.75, 3.05) is 77.4 Å². The summed E-state index contributed by atoms with van der Waals surface area (Å²) in [5.74, 6) is 6.08. The van der Waals surface area contributed by atoms with E-state index in [4.69, 9.17) is 62.6 Å². The molecule has 4 N–H and O–H groups in total. The first-order valence-corrected chi connectivity index (χ1v) is 18.0. The number of methoxy groups -OCH3 is 6. The molecule has 17 heteroatoms. The number of nitrogens with one attached hydrogen (secondary N) is 1. The standard InChI is InChI=1S/C35H42N6O6.H3O4P/c1-42-27-9-7-8-22(32(27)47-6)10-13-36-33-37-34(40-14-11-23-16-28(43-2)30(45-4)18-25(23)20-40)39-35(38-33)41-15-12-24-17-29(44-3)31(46-5)19-26(24)21-41;1-5(2,3)4/h7-9,16-19H,10-15,20-21H2,1-6H3,(H,36,37,38,39);(H3,1,2,3,4). The zero-order valence-electron chi connectivity index (χ0n) is 30.1. The zero-order chi connectivity index (χ0) is 37.4. The van der Waals surface area contributed by atoms with Gasteiger partial charge in [0.1, 0.15) is 0 Å². The third-order valence-corrected chi connectivity index (χ3v) is 8.78. The fourth-order valence-electron chi connectivity index (χ4n) is 6.28. The topological polar surface area (TPSA) is 190 Å². The van der Waals surface area contributed by atoms with Crippen molar-refractivity contribution in [2.45, 2.75) is 32.4 Å². The Balaban J connectivity index is 0.000000979. The lowest BCUT2D eigenvalue weighted by atomic mass is 9.99. The van der Waals surface area contributed by atoms with Crippen molar-refractivity contribution in [3.8, 4) is 34.5 Å². The molecule has 280 valence electrons. The van der Waals surface area contributed by atoms with Crippen LogP contribution in [0, 0.1) is 0 Å². The number of anilines is 3. The van der Waals surface area contributed by atoms with E-state index in [2.05, 4.69) is 27.2 Å². The second kappa shape index (κ2) is 17.0. The van der Waals surface area contributed by atoms with Crippen LogP contribution in [0.25, 0.3) is 0 Å². The van der Waals surface area contributed by atoms with Gasteiger partial charge in [0.2, 0.25) is 17.8 Å². The average molecular weight is 741 g/mol. The van der Waals surface area contributed by atoms with Gasteiger partial charge in [-0.2, -0.15) is 15.0 Å². The Morgan fingerprint density at radius 2 is 1.10 bits per heavy atom. The molecular formula is C35H45N6O10P. The van der Waals surface area contributed by atoms with Gasteiger partial charge in [-0.3, -0.25) is 0 Å². The highest BCUT2D eigenvalue weighted by Crippen LogP contribution is 2.37. The van der Waals surface area contributed by atoms with E-state index in [9.17, 15) is 0 Å². The average Bonchev–Trinajstić information content (AvgIpc) is 3.15. The lowest BCUT2D eigenvalue weighted by Crippen LogP contribution is -2.35. The molecule has 3 heterocycles. The van der Waals surface area contributed by atoms with Crippen molar-refractivity contribution in [3.63, 3.8) is 0 Å². The van der Waals surface area contributed by atoms with Gasteiger partial charge < -0.3 is 58.2 Å². The smallest absolute Gasteiger partial charge is 0.466 e. The number of phosphoric acid groups is 1. The normalized spacial score (nSPS) is 13.6. The Bertz CT molecular complexity index is 1810. The van der Waals surface area contributed by atoms with Gasteiger partial charge in [-0.05, 0) is 77.4 Å². The molecule has 0 amide bonds. The van der Waals surface area contributed by atoms with Gasteiger partial charge in [0.25, 0.3) is 0 Å². The van der Waals surface area contributed by atoms with Crippen molar-refractivity contribution in [1.29, 1.82) is 0 Å². The van der Waals surface area contributed by atoms with Gasteiger partial charge in [0.15, 0.2) is 34.5 Å². The summed E-state index contributed by atoms with van der Waals surface area (Å²) < 4.78 is 42.3. The third-order valence-electron chi connectivity index (χ3n) is 8.78. The molecule has 0 spiro atoms. The van der Waals surface area contributed by atoms with Crippen LogP contribution in [0.15, 0.2) is 42.5 Å². The Morgan fingerprint density at radius 3 is 1.52 bits per heavy atom. The predicted octanol–water partition coefficient (Wildman–Crippen LogP) is 3.77. The van der Waals surface area contributed by atoms with E-state index in [1.54, 1.807) is 42.7 Å². The summed E-state index contributed by atoms with van der Waals surface area (Å²) in [5.41, 5.74) is 5.81. The summed E-state index contributed by atoms with van der Waals surface area (Å²) in [6, 6.07) is 14.1. The number of hydrogen-bond donors (Lipinski definition) is 4. The molecule has 4 aromatic rings. The third kappa shape index (κ3) is 9.25. The van der Waals surface area contributed by atoms with Crippen LogP contribution in [0.3, 0.4) is 0 Å². The Morgan fingerprint density at radius 1 is 0.654 bits per heavy atom. The van der Waals surface area contributed by atoms with Crippen LogP contribution in [-0.2, 0) is 36.9 Å². The molecule has 2 aliphatic heterocycles. The second-order valence-corrected chi connectivity index (χ2v) is 12.9.